The highest BCUT2D eigenvalue weighted by Gasteiger charge is 2.14. The first-order valence-corrected chi connectivity index (χ1v) is 6.71. The Labute approximate surface area is 110 Å². The Balaban J connectivity index is 2.85. The van der Waals surface area contributed by atoms with Crippen LogP contribution >= 0.6 is 0 Å². The van der Waals surface area contributed by atoms with Gasteiger partial charge >= 0.3 is 0 Å². The fraction of sp³-hybridized carbons (Fsp3) is 0.533. The van der Waals surface area contributed by atoms with Gasteiger partial charge in [-0.15, -0.1) is 0 Å². The lowest BCUT2D eigenvalue weighted by molar-refractivity contribution is 0.0934. The van der Waals surface area contributed by atoms with Crippen molar-refractivity contribution in [3.8, 4) is 0 Å². The Kier molecular flexibility index (Phi) is 5.69. The molecule has 18 heavy (non-hydrogen) atoms. The fourth-order valence-electron chi connectivity index (χ4n) is 2.05. The molecule has 1 aromatic carbocycles. The molecule has 1 unspecified atom stereocenters. The van der Waals surface area contributed by atoms with E-state index in [4.69, 9.17) is 0 Å². The molecule has 0 aliphatic rings. The SMILES string of the molecule is CCCC(CC)NC(=O)c1cc(C)ccc1NC. The molecule has 2 N–H and O–H groups in total. The van der Waals surface area contributed by atoms with Gasteiger partial charge in [0.1, 0.15) is 0 Å². The molecule has 0 aliphatic heterocycles. The van der Waals surface area contributed by atoms with Crippen LogP contribution in [0.3, 0.4) is 0 Å². The first-order chi connectivity index (χ1) is 8.62. The summed E-state index contributed by atoms with van der Waals surface area (Å²) >= 11 is 0. The van der Waals surface area contributed by atoms with Gasteiger partial charge < -0.3 is 10.6 Å². The van der Waals surface area contributed by atoms with Crippen molar-refractivity contribution in [3.05, 3.63) is 29.3 Å². The van der Waals surface area contributed by atoms with E-state index in [1.807, 2.05) is 32.2 Å². The van der Waals surface area contributed by atoms with Crippen molar-refractivity contribution >= 4 is 11.6 Å². The minimum atomic E-state index is 0.0170. The second-order valence-corrected chi connectivity index (χ2v) is 4.67. The first kappa shape index (κ1) is 14.6. The molecule has 0 saturated carbocycles. The van der Waals surface area contributed by atoms with Crippen molar-refractivity contribution in [2.45, 2.75) is 46.1 Å². The lowest BCUT2D eigenvalue weighted by Gasteiger charge is -2.17. The summed E-state index contributed by atoms with van der Waals surface area (Å²) in [5.74, 6) is 0.0170. The third kappa shape index (κ3) is 3.76. The number of rotatable bonds is 6. The molecule has 100 valence electrons. The number of hydrogen-bond acceptors (Lipinski definition) is 2. The van der Waals surface area contributed by atoms with Gasteiger partial charge in [-0.25, -0.2) is 0 Å². The molecule has 0 bridgehead atoms. The second kappa shape index (κ2) is 7.04. The normalized spacial score (nSPS) is 12.0. The van der Waals surface area contributed by atoms with Crippen molar-refractivity contribution in [2.24, 2.45) is 0 Å². The van der Waals surface area contributed by atoms with Gasteiger partial charge in [0.2, 0.25) is 0 Å². The smallest absolute Gasteiger partial charge is 0.253 e. The van der Waals surface area contributed by atoms with Crippen LogP contribution in [0.4, 0.5) is 5.69 Å². The Morgan fingerprint density at radius 2 is 2.06 bits per heavy atom. The van der Waals surface area contributed by atoms with Crippen LogP contribution in [0.15, 0.2) is 18.2 Å². The van der Waals surface area contributed by atoms with Crippen LogP contribution in [0.2, 0.25) is 0 Å². The largest absolute Gasteiger partial charge is 0.387 e. The summed E-state index contributed by atoms with van der Waals surface area (Å²) in [7, 11) is 1.84. The molecule has 1 aromatic rings. The van der Waals surface area contributed by atoms with E-state index in [9.17, 15) is 4.79 Å². The molecular formula is C15H24N2O. The quantitative estimate of drug-likeness (QED) is 0.810. The molecule has 0 fully saturated rings. The standard InChI is InChI=1S/C15H24N2O/c1-5-7-12(6-2)17-15(18)13-10-11(3)8-9-14(13)16-4/h8-10,12,16H,5-7H2,1-4H3,(H,17,18). The predicted octanol–water partition coefficient (Wildman–Crippen LogP) is 3.35. The summed E-state index contributed by atoms with van der Waals surface area (Å²) in [4.78, 5) is 12.3. The Hall–Kier alpha value is -1.51. The molecule has 1 amide bonds. The predicted molar refractivity (Wildman–Crippen MR) is 77.2 cm³/mol. The van der Waals surface area contributed by atoms with Crippen LogP contribution in [0.1, 0.15) is 49.0 Å². The lowest BCUT2D eigenvalue weighted by Crippen LogP contribution is -2.34. The molecule has 0 aliphatic carbocycles. The van der Waals surface area contributed by atoms with Gasteiger partial charge in [0.05, 0.1) is 5.56 Å². The number of benzene rings is 1. The van der Waals surface area contributed by atoms with Gasteiger partial charge in [0, 0.05) is 18.8 Å². The zero-order valence-electron chi connectivity index (χ0n) is 11.8. The van der Waals surface area contributed by atoms with Crippen LogP contribution in [-0.2, 0) is 0 Å². The van der Waals surface area contributed by atoms with Crippen molar-refractivity contribution in [2.75, 3.05) is 12.4 Å². The number of anilines is 1. The van der Waals surface area contributed by atoms with E-state index in [-0.39, 0.29) is 11.9 Å². The first-order valence-electron chi connectivity index (χ1n) is 6.71. The van der Waals surface area contributed by atoms with E-state index in [2.05, 4.69) is 24.5 Å². The maximum absolute atomic E-state index is 12.3. The highest BCUT2D eigenvalue weighted by molar-refractivity contribution is 5.99. The van der Waals surface area contributed by atoms with Crippen molar-refractivity contribution < 1.29 is 4.79 Å². The highest BCUT2D eigenvalue weighted by atomic mass is 16.1. The Morgan fingerprint density at radius 3 is 2.61 bits per heavy atom. The maximum Gasteiger partial charge on any atom is 0.253 e. The van der Waals surface area contributed by atoms with E-state index in [0.717, 1.165) is 36.1 Å². The third-order valence-electron chi connectivity index (χ3n) is 3.15. The van der Waals surface area contributed by atoms with Gasteiger partial charge in [0.15, 0.2) is 0 Å². The van der Waals surface area contributed by atoms with Gasteiger partial charge in [0.25, 0.3) is 5.91 Å². The van der Waals surface area contributed by atoms with Crippen molar-refractivity contribution in [3.63, 3.8) is 0 Å². The average Bonchev–Trinajstić information content (AvgIpc) is 2.38. The summed E-state index contributed by atoms with van der Waals surface area (Å²) in [5.41, 5.74) is 2.71. The molecule has 0 radical (unpaired) electrons. The van der Waals surface area contributed by atoms with Gasteiger partial charge in [-0.1, -0.05) is 31.9 Å². The summed E-state index contributed by atoms with van der Waals surface area (Å²) in [5, 5.41) is 6.17. The highest BCUT2D eigenvalue weighted by Crippen LogP contribution is 2.17. The van der Waals surface area contributed by atoms with Gasteiger partial charge in [-0.05, 0) is 31.9 Å². The number of hydrogen-bond donors (Lipinski definition) is 2. The van der Waals surface area contributed by atoms with Gasteiger partial charge in [-0.2, -0.15) is 0 Å². The van der Waals surface area contributed by atoms with Crippen molar-refractivity contribution in [1.29, 1.82) is 0 Å². The van der Waals surface area contributed by atoms with Crippen LogP contribution in [0.25, 0.3) is 0 Å². The van der Waals surface area contributed by atoms with Crippen LogP contribution in [0.5, 0.6) is 0 Å². The molecule has 1 rings (SSSR count). The van der Waals surface area contributed by atoms with E-state index < -0.39 is 0 Å². The van der Waals surface area contributed by atoms with E-state index in [1.54, 1.807) is 0 Å². The zero-order valence-corrected chi connectivity index (χ0v) is 11.8. The molecular weight excluding hydrogens is 224 g/mol. The molecule has 0 aromatic heterocycles. The number of aryl methyl sites for hydroxylation is 1. The summed E-state index contributed by atoms with van der Waals surface area (Å²) in [6.07, 6.45) is 3.09. The Morgan fingerprint density at radius 1 is 1.33 bits per heavy atom. The van der Waals surface area contributed by atoms with Crippen LogP contribution in [0, 0.1) is 6.92 Å². The van der Waals surface area contributed by atoms with Crippen LogP contribution < -0.4 is 10.6 Å². The van der Waals surface area contributed by atoms with E-state index in [1.165, 1.54) is 0 Å². The maximum atomic E-state index is 12.3. The number of nitrogens with one attached hydrogen (secondary N) is 2. The molecule has 3 heteroatoms. The van der Waals surface area contributed by atoms with E-state index >= 15 is 0 Å². The van der Waals surface area contributed by atoms with Crippen LogP contribution in [-0.4, -0.2) is 19.0 Å². The topological polar surface area (TPSA) is 41.1 Å². The number of carbonyl (C=O) groups is 1. The van der Waals surface area contributed by atoms with Crippen molar-refractivity contribution in [1.82, 2.24) is 5.32 Å². The summed E-state index contributed by atoms with van der Waals surface area (Å²) < 4.78 is 0. The molecule has 0 heterocycles. The summed E-state index contributed by atoms with van der Waals surface area (Å²) in [6, 6.07) is 6.16. The third-order valence-corrected chi connectivity index (χ3v) is 3.15. The fourth-order valence-corrected chi connectivity index (χ4v) is 2.05. The van der Waals surface area contributed by atoms with E-state index in [0.29, 0.717) is 0 Å². The summed E-state index contributed by atoms with van der Waals surface area (Å²) in [6.45, 7) is 6.25. The molecule has 0 saturated heterocycles. The van der Waals surface area contributed by atoms with Gasteiger partial charge in [-0.3, -0.25) is 4.79 Å². The molecule has 1 atom stereocenters. The molecule has 3 nitrogen and oxygen atoms in total. The zero-order chi connectivity index (χ0) is 13.5. The minimum absolute atomic E-state index is 0.0170. The average molecular weight is 248 g/mol. The minimum Gasteiger partial charge on any atom is -0.387 e. The Bertz CT molecular complexity index is 401. The molecule has 0 spiro atoms. The lowest BCUT2D eigenvalue weighted by atomic mass is 10.1. The number of amides is 1. The monoisotopic (exact) mass is 248 g/mol. The number of carbonyl (C=O) groups excluding carboxylic acids is 1. The second-order valence-electron chi connectivity index (χ2n) is 4.67.